The number of nitrogens with one attached hydrogen (secondary N) is 3. The van der Waals surface area contributed by atoms with Crippen LogP contribution in [0.3, 0.4) is 0 Å². The number of rotatable bonds is 4. The number of H-pyrrole nitrogens is 1. The van der Waals surface area contributed by atoms with E-state index < -0.39 is 0 Å². The van der Waals surface area contributed by atoms with E-state index >= 15 is 0 Å². The van der Waals surface area contributed by atoms with Gasteiger partial charge in [-0.3, -0.25) is 4.99 Å². The molecule has 0 amide bonds. The Hall–Kier alpha value is -1.97. The van der Waals surface area contributed by atoms with Gasteiger partial charge in [-0.15, -0.1) is 0 Å². The first-order valence-electron chi connectivity index (χ1n) is 6.28. The molecule has 0 saturated carbocycles. The maximum atomic E-state index is 4.08. The zero-order chi connectivity index (χ0) is 12.8. The minimum absolute atomic E-state index is 0.842. The first-order valence-corrected chi connectivity index (χ1v) is 6.28. The highest BCUT2D eigenvalue weighted by Gasteiger charge is 2.02. The second-order valence-electron chi connectivity index (χ2n) is 4.21. The van der Waals surface area contributed by atoms with Gasteiger partial charge in [0.15, 0.2) is 5.96 Å². The van der Waals surface area contributed by atoms with E-state index in [0.717, 1.165) is 25.3 Å². The Kier molecular flexibility index (Phi) is 4.23. The van der Waals surface area contributed by atoms with Gasteiger partial charge in [-0.1, -0.05) is 18.2 Å². The summed E-state index contributed by atoms with van der Waals surface area (Å²) >= 11 is 0. The highest BCUT2D eigenvalue weighted by Crippen LogP contribution is 2.18. The number of benzene rings is 1. The average molecular weight is 244 g/mol. The third-order valence-corrected chi connectivity index (χ3v) is 3.05. The summed E-state index contributed by atoms with van der Waals surface area (Å²) in [4.78, 5) is 7.38. The number of para-hydroxylation sites is 1. The van der Waals surface area contributed by atoms with Crippen molar-refractivity contribution < 1.29 is 0 Å². The lowest BCUT2D eigenvalue weighted by Gasteiger charge is -2.07. The van der Waals surface area contributed by atoms with E-state index in [2.05, 4.69) is 51.1 Å². The van der Waals surface area contributed by atoms with Gasteiger partial charge in [-0.25, -0.2) is 0 Å². The quantitative estimate of drug-likeness (QED) is 0.437. The molecule has 0 aliphatic carbocycles. The molecule has 0 unspecified atom stereocenters. The number of hydrogen-bond acceptors (Lipinski definition) is 1. The van der Waals surface area contributed by atoms with Crippen LogP contribution >= 0.6 is 0 Å². The van der Waals surface area contributed by atoms with Crippen molar-refractivity contribution in [2.75, 3.05) is 20.6 Å². The lowest BCUT2D eigenvalue weighted by molar-refractivity contribution is 0.760. The molecule has 1 aromatic carbocycles. The molecule has 0 aliphatic heterocycles. The Balaban J connectivity index is 1.87. The van der Waals surface area contributed by atoms with Crippen LogP contribution in [0.5, 0.6) is 0 Å². The molecule has 96 valence electrons. The third kappa shape index (κ3) is 2.83. The molecule has 2 aromatic rings. The number of hydrogen-bond donors (Lipinski definition) is 3. The van der Waals surface area contributed by atoms with Crippen LogP contribution in [0, 0.1) is 0 Å². The van der Waals surface area contributed by atoms with Crippen molar-refractivity contribution in [1.82, 2.24) is 15.6 Å². The minimum atomic E-state index is 0.842. The fourth-order valence-electron chi connectivity index (χ4n) is 2.10. The number of fused-ring (bicyclic) bond motifs is 1. The summed E-state index contributed by atoms with van der Waals surface area (Å²) in [5.41, 5.74) is 2.60. The molecule has 4 heteroatoms. The smallest absolute Gasteiger partial charge is 0.190 e. The van der Waals surface area contributed by atoms with Gasteiger partial charge in [-0.05, 0) is 24.5 Å². The van der Waals surface area contributed by atoms with Crippen LogP contribution in [0.1, 0.15) is 12.0 Å². The van der Waals surface area contributed by atoms with Crippen molar-refractivity contribution >= 4 is 16.9 Å². The molecule has 0 bridgehead atoms. The molecule has 3 N–H and O–H groups in total. The predicted molar refractivity (Wildman–Crippen MR) is 77.0 cm³/mol. The molecular formula is C14H20N4. The van der Waals surface area contributed by atoms with E-state index in [1.54, 1.807) is 7.05 Å². The summed E-state index contributed by atoms with van der Waals surface area (Å²) < 4.78 is 0. The minimum Gasteiger partial charge on any atom is -0.361 e. The van der Waals surface area contributed by atoms with Gasteiger partial charge in [0.05, 0.1) is 0 Å². The molecule has 2 rings (SSSR count). The largest absolute Gasteiger partial charge is 0.361 e. The van der Waals surface area contributed by atoms with Gasteiger partial charge >= 0.3 is 0 Å². The topological polar surface area (TPSA) is 52.2 Å². The van der Waals surface area contributed by atoms with Gasteiger partial charge < -0.3 is 15.6 Å². The van der Waals surface area contributed by atoms with Gasteiger partial charge in [0.25, 0.3) is 0 Å². The number of guanidine groups is 1. The second-order valence-corrected chi connectivity index (χ2v) is 4.21. The van der Waals surface area contributed by atoms with Crippen LogP contribution in [0.25, 0.3) is 10.9 Å². The van der Waals surface area contributed by atoms with Crippen molar-refractivity contribution in [2.45, 2.75) is 12.8 Å². The zero-order valence-corrected chi connectivity index (χ0v) is 11.0. The number of aliphatic imine (C=N–C) groups is 1. The summed E-state index contributed by atoms with van der Waals surface area (Å²) in [6.07, 6.45) is 4.26. The fourth-order valence-corrected chi connectivity index (χ4v) is 2.10. The van der Waals surface area contributed by atoms with Crippen LogP contribution in [0.4, 0.5) is 0 Å². The molecule has 0 aliphatic rings. The lowest BCUT2D eigenvalue weighted by Crippen LogP contribution is -2.35. The first kappa shape index (κ1) is 12.5. The molecular weight excluding hydrogens is 224 g/mol. The highest BCUT2D eigenvalue weighted by atomic mass is 15.1. The number of aryl methyl sites for hydroxylation is 1. The van der Waals surface area contributed by atoms with Crippen molar-refractivity contribution in [3.63, 3.8) is 0 Å². The number of nitrogens with zero attached hydrogens (tertiary/aromatic N) is 1. The van der Waals surface area contributed by atoms with Crippen LogP contribution in [0.2, 0.25) is 0 Å². The van der Waals surface area contributed by atoms with Crippen molar-refractivity contribution in [3.05, 3.63) is 36.0 Å². The first-order chi connectivity index (χ1) is 8.85. The number of aromatic amines is 1. The van der Waals surface area contributed by atoms with E-state index in [9.17, 15) is 0 Å². The maximum Gasteiger partial charge on any atom is 0.190 e. The van der Waals surface area contributed by atoms with Crippen molar-refractivity contribution in [1.29, 1.82) is 0 Å². The average Bonchev–Trinajstić information content (AvgIpc) is 2.82. The Labute approximate surface area is 108 Å². The van der Waals surface area contributed by atoms with Crippen LogP contribution < -0.4 is 10.6 Å². The van der Waals surface area contributed by atoms with Crippen molar-refractivity contribution in [2.24, 2.45) is 4.99 Å². The molecule has 0 atom stereocenters. The van der Waals surface area contributed by atoms with Gasteiger partial charge in [0, 0.05) is 37.7 Å². The van der Waals surface area contributed by atoms with E-state index in [0.29, 0.717) is 0 Å². The SMILES string of the molecule is CN=C(NC)NCCCc1c[nH]c2ccccc12. The van der Waals surface area contributed by atoms with Gasteiger partial charge in [0.1, 0.15) is 0 Å². The molecule has 0 spiro atoms. The summed E-state index contributed by atoms with van der Waals surface area (Å²) in [6, 6.07) is 8.42. The second kappa shape index (κ2) is 6.10. The molecule has 4 nitrogen and oxygen atoms in total. The van der Waals surface area contributed by atoms with Gasteiger partial charge in [-0.2, -0.15) is 0 Å². The Bertz CT molecular complexity index is 527. The van der Waals surface area contributed by atoms with E-state index in [1.165, 1.54) is 16.5 Å². The van der Waals surface area contributed by atoms with E-state index in [-0.39, 0.29) is 0 Å². The fraction of sp³-hybridized carbons (Fsp3) is 0.357. The molecule has 0 fully saturated rings. The summed E-state index contributed by atoms with van der Waals surface area (Å²) in [5.74, 6) is 0.842. The lowest BCUT2D eigenvalue weighted by atomic mass is 10.1. The zero-order valence-electron chi connectivity index (χ0n) is 11.0. The van der Waals surface area contributed by atoms with Crippen LogP contribution in [-0.2, 0) is 6.42 Å². The number of aromatic nitrogens is 1. The highest BCUT2D eigenvalue weighted by molar-refractivity contribution is 5.83. The third-order valence-electron chi connectivity index (χ3n) is 3.05. The normalized spacial score (nSPS) is 11.8. The summed E-state index contributed by atoms with van der Waals surface area (Å²) in [5, 5.41) is 7.60. The molecule has 1 aromatic heterocycles. The Morgan fingerprint density at radius 1 is 1.33 bits per heavy atom. The van der Waals surface area contributed by atoms with E-state index in [4.69, 9.17) is 0 Å². The summed E-state index contributed by atoms with van der Waals surface area (Å²) in [6.45, 7) is 0.924. The van der Waals surface area contributed by atoms with E-state index in [1.807, 2.05) is 7.05 Å². The molecule has 18 heavy (non-hydrogen) atoms. The molecule has 0 radical (unpaired) electrons. The maximum absolute atomic E-state index is 4.08. The molecule has 1 heterocycles. The van der Waals surface area contributed by atoms with Crippen LogP contribution in [-0.4, -0.2) is 31.6 Å². The summed E-state index contributed by atoms with van der Waals surface area (Å²) in [7, 11) is 3.65. The van der Waals surface area contributed by atoms with Gasteiger partial charge in [0.2, 0.25) is 0 Å². The molecule has 0 saturated heterocycles. The Morgan fingerprint density at radius 3 is 2.94 bits per heavy atom. The standard InChI is InChI=1S/C14H20N4/c1-15-14(16-2)17-9-5-6-11-10-18-13-8-4-3-7-12(11)13/h3-4,7-8,10,18H,5-6,9H2,1-2H3,(H2,15,16,17). The Morgan fingerprint density at radius 2 is 2.17 bits per heavy atom. The predicted octanol–water partition coefficient (Wildman–Crippen LogP) is 1.90. The van der Waals surface area contributed by atoms with Crippen molar-refractivity contribution in [3.8, 4) is 0 Å². The van der Waals surface area contributed by atoms with Crippen LogP contribution in [0.15, 0.2) is 35.5 Å². The monoisotopic (exact) mass is 244 g/mol.